The fourth-order valence-electron chi connectivity index (χ4n) is 3.88. The van der Waals surface area contributed by atoms with Crippen LogP contribution in [-0.2, 0) is 31.1 Å². The average Bonchev–Trinajstić information content (AvgIpc) is 3.35. The number of aliphatic carboxylic acids is 1. The molecule has 0 bridgehead atoms. The van der Waals surface area contributed by atoms with Gasteiger partial charge in [-0.15, -0.1) is 0 Å². The van der Waals surface area contributed by atoms with Crippen LogP contribution in [-0.4, -0.2) is 46.5 Å². The maximum absolute atomic E-state index is 13.9. The van der Waals surface area contributed by atoms with Gasteiger partial charge in [0.1, 0.15) is 12.4 Å². The lowest BCUT2D eigenvalue weighted by Gasteiger charge is -2.33. The molecule has 11 heteroatoms. The van der Waals surface area contributed by atoms with Crippen molar-refractivity contribution in [3.63, 3.8) is 0 Å². The normalized spacial score (nSPS) is 14.1. The van der Waals surface area contributed by atoms with Crippen LogP contribution in [0.15, 0.2) is 66.9 Å². The van der Waals surface area contributed by atoms with Crippen molar-refractivity contribution >= 4 is 11.9 Å². The van der Waals surface area contributed by atoms with Gasteiger partial charge >= 0.3 is 11.9 Å². The third-order valence-corrected chi connectivity index (χ3v) is 5.82. The number of carboxylic acid groups (broad SMARTS) is 1. The van der Waals surface area contributed by atoms with Crippen LogP contribution in [0.25, 0.3) is 0 Å². The number of benzene rings is 2. The molecular formula is C26H27F3N2O6. The maximum atomic E-state index is 13.9. The standard InChI is InChI=1S/C26H27F3N2O6/c1-26(2,21(24(32)33)37-25(34)20(35-3)16-9-5-4-6-10-16)18-11-7-8-12-19(18)36-15-17-13-14-30-31(17)23(29)22(27)28/h4-14,20-23H,15H2,1-3H3,(H,32,33). The zero-order chi connectivity index (χ0) is 27.2. The van der Waals surface area contributed by atoms with Gasteiger partial charge in [-0.1, -0.05) is 62.4 Å². The van der Waals surface area contributed by atoms with E-state index in [1.54, 1.807) is 68.4 Å². The Bertz CT molecular complexity index is 1200. The molecule has 0 radical (unpaired) electrons. The average molecular weight is 521 g/mol. The molecule has 0 saturated heterocycles. The molecule has 0 aliphatic heterocycles. The molecule has 0 saturated carbocycles. The van der Waals surface area contributed by atoms with Gasteiger partial charge in [-0.2, -0.15) is 5.10 Å². The molecule has 37 heavy (non-hydrogen) atoms. The highest BCUT2D eigenvalue weighted by molar-refractivity contribution is 5.82. The Balaban J connectivity index is 1.85. The van der Waals surface area contributed by atoms with Gasteiger partial charge in [0.05, 0.1) is 5.69 Å². The summed E-state index contributed by atoms with van der Waals surface area (Å²) in [6.07, 6.45) is -7.54. The fraction of sp³-hybridized carbons (Fsp3) is 0.346. The highest BCUT2D eigenvalue weighted by atomic mass is 19.3. The third kappa shape index (κ3) is 6.29. The summed E-state index contributed by atoms with van der Waals surface area (Å²) in [6, 6.07) is 16.2. The first kappa shape index (κ1) is 27.7. The van der Waals surface area contributed by atoms with Crippen molar-refractivity contribution < 1.29 is 42.1 Å². The molecule has 0 aliphatic rings. The van der Waals surface area contributed by atoms with Crippen LogP contribution < -0.4 is 4.74 Å². The first-order chi connectivity index (χ1) is 17.6. The molecule has 3 rings (SSSR count). The van der Waals surface area contributed by atoms with Crippen molar-refractivity contribution in [2.75, 3.05) is 7.11 Å². The topological polar surface area (TPSA) is 99.9 Å². The number of aromatic nitrogens is 2. The molecule has 0 fully saturated rings. The summed E-state index contributed by atoms with van der Waals surface area (Å²) in [7, 11) is 1.31. The van der Waals surface area contributed by atoms with E-state index < -0.39 is 42.3 Å². The Morgan fingerprint density at radius 1 is 1.03 bits per heavy atom. The van der Waals surface area contributed by atoms with Crippen molar-refractivity contribution in [1.82, 2.24) is 9.78 Å². The Morgan fingerprint density at radius 3 is 2.30 bits per heavy atom. The molecule has 0 spiro atoms. The summed E-state index contributed by atoms with van der Waals surface area (Å²) in [5.41, 5.74) is -0.417. The SMILES string of the molecule is COC(C(=O)OC(C(=O)O)C(C)(C)c1ccccc1OCc1ccnn1C(F)C(F)F)c1ccccc1. The minimum Gasteiger partial charge on any atom is -0.487 e. The van der Waals surface area contributed by atoms with E-state index in [1.807, 2.05) is 0 Å². The molecule has 2 aromatic carbocycles. The minimum atomic E-state index is -3.28. The predicted molar refractivity (Wildman–Crippen MR) is 126 cm³/mol. The van der Waals surface area contributed by atoms with Gasteiger partial charge in [-0.05, 0) is 17.7 Å². The van der Waals surface area contributed by atoms with Crippen molar-refractivity contribution in [3.05, 3.63) is 83.7 Å². The van der Waals surface area contributed by atoms with Gasteiger partial charge in [-0.3, -0.25) is 0 Å². The van der Waals surface area contributed by atoms with Crippen LogP contribution in [0.5, 0.6) is 5.75 Å². The van der Waals surface area contributed by atoms with E-state index in [9.17, 15) is 27.9 Å². The number of hydrogen-bond donors (Lipinski definition) is 1. The van der Waals surface area contributed by atoms with Crippen molar-refractivity contribution in [3.8, 4) is 5.75 Å². The van der Waals surface area contributed by atoms with Gasteiger partial charge in [0.25, 0.3) is 12.7 Å². The van der Waals surface area contributed by atoms with Crippen LogP contribution in [0.1, 0.15) is 43.1 Å². The number of rotatable bonds is 12. The number of halogens is 3. The summed E-state index contributed by atoms with van der Waals surface area (Å²) in [5, 5.41) is 13.6. The smallest absolute Gasteiger partial charge is 0.345 e. The summed E-state index contributed by atoms with van der Waals surface area (Å²) in [5.74, 6) is -2.09. The number of ether oxygens (including phenoxy) is 3. The second-order valence-corrected chi connectivity index (χ2v) is 8.66. The third-order valence-electron chi connectivity index (χ3n) is 5.82. The Kier molecular flexibility index (Phi) is 8.93. The highest BCUT2D eigenvalue weighted by Crippen LogP contribution is 2.37. The number of esters is 1. The van der Waals surface area contributed by atoms with Gasteiger partial charge in [0.15, 0.2) is 6.10 Å². The number of nitrogens with zero attached hydrogens (tertiary/aromatic N) is 2. The molecule has 198 valence electrons. The molecule has 3 aromatic rings. The summed E-state index contributed by atoms with van der Waals surface area (Å²) >= 11 is 0. The van der Waals surface area contributed by atoms with Crippen molar-refractivity contribution in [1.29, 1.82) is 0 Å². The van der Waals surface area contributed by atoms with E-state index in [2.05, 4.69) is 5.10 Å². The number of carbonyl (C=O) groups excluding carboxylic acids is 1. The quantitative estimate of drug-likeness (QED) is 0.341. The lowest BCUT2D eigenvalue weighted by atomic mass is 9.78. The largest absolute Gasteiger partial charge is 0.487 e. The molecule has 0 amide bonds. The van der Waals surface area contributed by atoms with Gasteiger partial charge in [-0.25, -0.2) is 27.4 Å². The zero-order valence-corrected chi connectivity index (χ0v) is 20.4. The number of carboxylic acids is 1. The van der Waals surface area contributed by atoms with E-state index in [0.717, 1.165) is 0 Å². The molecule has 0 aliphatic carbocycles. The monoisotopic (exact) mass is 520 g/mol. The summed E-state index contributed by atoms with van der Waals surface area (Å²) < 4.78 is 56.5. The van der Waals surface area contributed by atoms with Gasteiger partial charge < -0.3 is 19.3 Å². The summed E-state index contributed by atoms with van der Waals surface area (Å²) in [4.78, 5) is 25.2. The number of para-hydroxylation sites is 1. The van der Waals surface area contributed by atoms with E-state index in [-0.39, 0.29) is 18.1 Å². The first-order valence-electron chi connectivity index (χ1n) is 11.3. The number of methoxy groups -OCH3 is 1. The second kappa shape index (κ2) is 11.9. The minimum absolute atomic E-state index is 0.0485. The maximum Gasteiger partial charge on any atom is 0.345 e. The predicted octanol–water partition coefficient (Wildman–Crippen LogP) is 4.86. The number of carbonyl (C=O) groups is 2. The van der Waals surface area contributed by atoms with E-state index >= 15 is 0 Å². The van der Waals surface area contributed by atoms with E-state index in [1.165, 1.54) is 19.4 Å². The molecule has 3 atom stereocenters. The molecular weight excluding hydrogens is 493 g/mol. The van der Waals surface area contributed by atoms with Gasteiger partial charge in [0, 0.05) is 24.3 Å². The van der Waals surface area contributed by atoms with Crippen LogP contribution in [0.3, 0.4) is 0 Å². The van der Waals surface area contributed by atoms with E-state index in [0.29, 0.717) is 15.8 Å². The molecule has 1 heterocycles. The van der Waals surface area contributed by atoms with Crippen molar-refractivity contribution in [2.24, 2.45) is 0 Å². The highest BCUT2D eigenvalue weighted by Gasteiger charge is 2.43. The zero-order valence-electron chi connectivity index (χ0n) is 20.4. The van der Waals surface area contributed by atoms with Crippen molar-refractivity contribution in [2.45, 2.75) is 50.8 Å². The van der Waals surface area contributed by atoms with Crippen LogP contribution >= 0.6 is 0 Å². The molecule has 1 aromatic heterocycles. The molecule has 3 unspecified atom stereocenters. The van der Waals surface area contributed by atoms with Crippen LogP contribution in [0, 0.1) is 0 Å². The lowest BCUT2D eigenvalue weighted by Crippen LogP contribution is -2.44. The summed E-state index contributed by atoms with van der Waals surface area (Å²) in [6.45, 7) is 2.80. The first-order valence-corrected chi connectivity index (χ1v) is 11.3. The van der Waals surface area contributed by atoms with Crippen LogP contribution in [0.2, 0.25) is 0 Å². The Morgan fingerprint density at radius 2 is 1.68 bits per heavy atom. The lowest BCUT2D eigenvalue weighted by molar-refractivity contribution is -0.176. The second-order valence-electron chi connectivity index (χ2n) is 8.66. The van der Waals surface area contributed by atoms with E-state index in [4.69, 9.17) is 14.2 Å². The molecule has 8 nitrogen and oxygen atoms in total. The van der Waals surface area contributed by atoms with Crippen LogP contribution in [0.4, 0.5) is 13.2 Å². The Labute approximate surface area is 211 Å². The fourth-order valence-corrected chi connectivity index (χ4v) is 3.88. The van der Waals surface area contributed by atoms with Gasteiger partial charge in [0.2, 0.25) is 6.10 Å². The number of hydrogen-bond acceptors (Lipinski definition) is 6. The number of alkyl halides is 3. The molecule has 1 N–H and O–H groups in total. The Hall–Kier alpha value is -3.86.